The number of hydrogen-bond donors (Lipinski definition) is 3. The fraction of sp³-hybridized carbons (Fsp3) is 0.532. The maximum Gasteiger partial charge on any atom is 0.361 e. The topological polar surface area (TPSA) is 184 Å². The van der Waals surface area contributed by atoms with Crippen LogP contribution in [-0.4, -0.2) is 107 Å². The maximum absolute atomic E-state index is 14.6. The van der Waals surface area contributed by atoms with E-state index in [1.807, 2.05) is 32.1 Å². The average molecular weight is 843 g/mol. The van der Waals surface area contributed by atoms with Crippen LogP contribution in [0, 0.1) is 23.7 Å². The number of aliphatic hydroxyl groups excluding tert-OH is 1. The quantitative estimate of drug-likeness (QED) is 0.0941. The fourth-order valence-electron chi connectivity index (χ4n) is 9.42. The Morgan fingerprint density at radius 1 is 1.08 bits per heavy atom. The fourth-order valence-corrected chi connectivity index (χ4v) is 9.42. The van der Waals surface area contributed by atoms with Gasteiger partial charge in [0.2, 0.25) is 0 Å². The summed E-state index contributed by atoms with van der Waals surface area (Å²) in [5.74, 6) is -4.33. The van der Waals surface area contributed by atoms with Gasteiger partial charge in [-0.3, -0.25) is 4.79 Å². The largest absolute Gasteiger partial charge is 0.462 e. The summed E-state index contributed by atoms with van der Waals surface area (Å²) in [6, 6.07) is 12.1. The molecule has 1 aliphatic carbocycles. The van der Waals surface area contributed by atoms with E-state index in [1.54, 1.807) is 54.7 Å². The van der Waals surface area contributed by atoms with Gasteiger partial charge in [0.05, 0.1) is 18.8 Å². The van der Waals surface area contributed by atoms with Crippen LogP contribution in [0.2, 0.25) is 0 Å². The molecule has 14 nitrogen and oxygen atoms in total. The van der Waals surface area contributed by atoms with Gasteiger partial charge in [-0.15, -0.1) is 0 Å². The van der Waals surface area contributed by atoms with E-state index in [-0.39, 0.29) is 54.6 Å². The van der Waals surface area contributed by atoms with E-state index in [4.69, 9.17) is 33.3 Å². The molecule has 11 atom stereocenters. The molecule has 61 heavy (non-hydrogen) atoms. The van der Waals surface area contributed by atoms with E-state index in [0.29, 0.717) is 30.4 Å². The second-order valence-electron chi connectivity index (χ2n) is 17.3. The highest BCUT2D eigenvalue weighted by Gasteiger charge is 2.60. The van der Waals surface area contributed by atoms with E-state index >= 15 is 0 Å². The third-order valence-electron chi connectivity index (χ3n) is 12.6. The molecule has 2 bridgehead atoms. The molecule has 3 N–H and O–H groups in total. The van der Waals surface area contributed by atoms with Gasteiger partial charge in [0, 0.05) is 36.9 Å². The minimum atomic E-state index is -2.03. The Hall–Kier alpha value is -4.86. The van der Waals surface area contributed by atoms with Crippen LogP contribution in [0.25, 0.3) is 0 Å². The molecular weight excluding hydrogens is 785 g/mol. The summed E-state index contributed by atoms with van der Waals surface area (Å²) in [7, 11) is 1.37. The number of ether oxygens (including phenoxy) is 6. The molecule has 328 valence electrons. The van der Waals surface area contributed by atoms with Crippen LogP contribution < -0.4 is 0 Å². The van der Waals surface area contributed by atoms with Crippen molar-refractivity contribution >= 4 is 23.6 Å². The van der Waals surface area contributed by atoms with Crippen molar-refractivity contribution in [2.24, 2.45) is 28.8 Å². The minimum absolute atomic E-state index is 0.0108. The number of aromatic nitrogens is 1. The SMILES string of the molecule is CON=C(C(=O)O[C@H]1/C(C)=C/C[C@@H]2C[C@@H](CC3(CC[C@H](C)[C@@H](C(C)C)O3)O2)OC(=O)C2C=C(COC(=O)c3ccc[nH]3)[C@@H](O)C3OC/C(=C\C=C\[C@@H]1C)[C@@]23O)c1ccccc1. The van der Waals surface area contributed by atoms with Crippen LogP contribution in [0.4, 0.5) is 0 Å². The second-order valence-corrected chi connectivity index (χ2v) is 17.3. The second kappa shape index (κ2) is 18.6. The van der Waals surface area contributed by atoms with Crippen LogP contribution in [0.5, 0.6) is 0 Å². The molecule has 1 aromatic heterocycles. The first-order valence-electron chi connectivity index (χ1n) is 21.2. The monoisotopic (exact) mass is 842 g/mol. The Morgan fingerprint density at radius 2 is 1.87 bits per heavy atom. The Balaban J connectivity index is 1.27. The van der Waals surface area contributed by atoms with Crippen molar-refractivity contribution in [1.29, 1.82) is 0 Å². The van der Waals surface area contributed by atoms with Crippen LogP contribution in [0.1, 0.15) is 82.8 Å². The van der Waals surface area contributed by atoms with E-state index in [0.717, 1.165) is 12.0 Å². The molecule has 0 saturated carbocycles. The van der Waals surface area contributed by atoms with Gasteiger partial charge in [-0.1, -0.05) is 93.6 Å². The zero-order chi connectivity index (χ0) is 43.5. The summed E-state index contributed by atoms with van der Waals surface area (Å²) in [6.07, 6.45) is 7.96. The van der Waals surface area contributed by atoms with Gasteiger partial charge in [0.15, 0.2) is 11.5 Å². The highest BCUT2D eigenvalue weighted by atomic mass is 16.7. The van der Waals surface area contributed by atoms with Crippen LogP contribution >= 0.6 is 0 Å². The number of carbonyl (C=O) groups is 3. The smallest absolute Gasteiger partial charge is 0.361 e. The minimum Gasteiger partial charge on any atom is -0.462 e. The standard InChI is InChI=1S/C47H58N2O12/c1-27(2)40-30(5)19-20-46(61-40)24-35-23-34(60-46)18-17-29(4)41(59-45(53)38(49-55-6)31-13-8-7-9-14-31)28(3)12-10-15-33-26-56-42-39(50)32(22-36(43(51)58-35)47(33,42)54)25-57-44(52)37-16-11-21-48-37/h7-17,21-22,27-28,30,34-36,39-42,48,50,54H,18-20,23-26H2,1-6H3/b12-10+,29-17+,33-15+,49-38?/t28-,30-,34+,35-,36?,39+,40+,41+,42?,46?,47+/m0/s1. The lowest BCUT2D eigenvalue weighted by atomic mass is 9.70. The number of nitrogens with zero attached hydrogens (tertiary/aromatic N) is 1. The number of esters is 3. The predicted molar refractivity (Wildman–Crippen MR) is 223 cm³/mol. The number of oxime groups is 1. The summed E-state index contributed by atoms with van der Waals surface area (Å²) in [6.45, 7) is 9.75. The van der Waals surface area contributed by atoms with Crippen molar-refractivity contribution in [2.45, 2.75) is 115 Å². The van der Waals surface area contributed by atoms with E-state index < -0.39 is 71.7 Å². The lowest BCUT2D eigenvalue weighted by Crippen LogP contribution is -2.59. The summed E-state index contributed by atoms with van der Waals surface area (Å²) in [5, 5.41) is 28.3. The van der Waals surface area contributed by atoms with Gasteiger partial charge in [0.1, 0.15) is 55.3 Å². The molecule has 0 amide bonds. The van der Waals surface area contributed by atoms with Crippen molar-refractivity contribution in [2.75, 3.05) is 20.3 Å². The van der Waals surface area contributed by atoms with E-state index in [2.05, 4.69) is 30.9 Å². The highest BCUT2D eigenvalue weighted by molar-refractivity contribution is 6.43. The van der Waals surface area contributed by atoms with Gasteiger partial charge in [-0.25, -0.2) is 9.59 Å². The van der Waals surface area contributed by atoms with Crippen LogP contribution in [0.15, 0.2) is 101 Å². The highest BCUT2D eigenvalue weighted by Crippen LogP contribution is 2.48. The Labute approximate surface area is 356 Å². The van der Waals surface area contributed by atoms with Gasteiger partial charge in [-0.2, -0.15) is 0 Å². The molecular formula is C47H58N2O12. The molecule has 3 fully saturated rings. The third kappa shape index (κ3) is 9.34. The molecule has 1 spiro atoms. The van der Waals surface area contributed by atoms with Crippen molar-refractivity contribution < 1.29 is 57.9 Å². The number of nitrogens with one attached hydrogen (secondary N) is 1. The first-order chi connectivity index (χ1) is 29.2. The van der Waals surface area contributed by atoms with E-state index in [9.17, 15) is 24.6 Å². The maximum atomic E-state index is 14.6. The zero-order valence-corrected chi connectivity index (χ0v) is 35.7. The molecule has 2 aromatic rings. The first kappa shape index (κ1) is 44.2. The lowest BCUT2D eigenvalue weighted by molar-refractivity contribution is -0.340. The number of allylic oxidation sites excluding steroid dienone is 2. The average Bonchev–Trinajstić information content (AvgIpc) is 3.90. The van der Waals surface area contributed by atoms with Gasteiger partial charge >= 0.3 is 17.9 Å². The predicted octanol–water partition coefficient (Wildman–Crippen LogP) is 5.91. The molecule has 5 heterocycles. The van der Waals surface area contributed by atoms with Gasteiger partial charge < -0.3 is 48.5 Å². The molecule has 3 saturated heterocycles. The number of carbonyl (C=O) groups excluding carboxylic acids is 3. The Bertz CT molecular complexity index is 2060. The van der Waals surface area contributed by atoms with Crippen LogP contribution in [0.3, 0.4) is 0 Å². The molecule has 1 aromatic carbocycles. The summed E-state index contributed by atoms with van der Waals surface area (Å²) in [4.78, 5) is 49.1. The molecule has 4 aliphatic heterocycles. The van der Waals surface area contributed by atoms with E-state index in [1.165, 1.54) is 13.2 Å². The van der Waals surface area contributed by atoms with Crippen molar-refractivity contribution in [3.63, 3.8) is 0 Å². The van der Waals surface area contributed by atoms with Crippen molar-refractivity contribution in [3.8, 4) is 0 Å². The molecule has 5 aliphatic rings. The number of H-pyrrole nitrogens is 1. The zero-order valence-electron chi connectivity index (χ0n) is 35.7. The summed E-state index contributed by atoms with van der Waals surface area (Å²) >= 11 is 0. The molecule has 14 heteroatoms. The first-order valence-corrected chi connectivity index (χ1v) is 21.2. The number of hydrogen-bond acceptors (Lipinski definition) is 13. The Kier molecular flexibility index (Phi) is 13.5. The normalized spacial score (nSPS) is 36.7. The molecule has 0 radical (unpaired) electrons. The Morgan fingerprint density at radius 3 is 2.59 bits per heavy atom. The molecule has 7 rings (SSSR count). The van der Waals surface area contributed by atoms with Crippen molar-refractivity contribution in [1.82, 2.24) is 4.98 Å². The third-order valence-corrected chi connectivity index (χ3v) is 12.6. The summed E-state index contributed by atoms with van der Waals surface area (Å²) < 4.78 is 38.0. The number of benzene rings is 1. The van der Waals surface area contributed by atoms with Crippen LogP contribution in [-0.2, 0) is 42.8 Å². The molecule has 3 unspecified atom stereocenters. The van der Waals surface area contributed by atoms with Crippen molar-refractivity contribution in [3.05, 3.63) is 107 Å². The van der Waals surface area contributed by atoms with Gasteiger partial charge in [-0.05, 0) is 60.5 Å². The lowest BCUT2D eigenvalue weighted by Gasteiger charge is -2.50. The van der Waals surface area contributed by atoms with Gasteiger partial charge in [0.25, 0.3) is 0 Å². The number of aromatic amines is 1. The summed E-state index contributed by atoms with van der Waals surface area (Å²) in [5.41, 5.74) is 0.0217. The number of rotatable bonds is 8. The number of aliphatic hydroxyl groups is 2. The number of fused-ring (bicyclic) bond motifs is 2.